The third-order valence-electron chi connectivity index (χ3n) is 5.33. The van der Waals surface area contributed by atoms with Gasteiger partial charge in [-0.15, -0.1) is 0 Å². The first-order valence-electron chi connectivity index (χ1n) is 9.31. The highest BCUT2D eigenvalue weighted by Crippen LogP contribution is 2.39. The number of nitrogens with zero attached hydrogens (tertiary/aromatic N) is 1. The summed E-state index contributed by atoms with van der Waals surface area (Å²) in [6, 6.07) is 30.9. The van der Waals surface area contributed by atoms with Crippen LogP contribution in [0.4, 0.5) is 0 Å². The van der Waals surface area contributed by atoms with E-state index in [2.05, 4.69) is 48.6 Å². The van der Waals surface area contributed by atoms with Crippen LogP contribution in [0, 0.1) is 0 Å². The molecule has 0 spiro atoms. The third-order valence-corrected chi connectivity index (χ3v) is 5.33. The quantitative estimate of drug-likeness (QED) is 0.728. The molecule has 0 saturated heterocycles. The Balaban J connectivity index is 1.83. The van der Waals surface area contributed by atoms with Gasteiger partial charge in [0.25, 0.3) is 0 Å². The van der Waals surface area contributed by atoms with E-state index in [1.807, 2.05) is 54.6 Å². The first-order valence-corrected chi connectivity index (χ1v) is 9.31. The molecule has 4 rings (SSSR count). The highest BCUT2D eigenvalue weighted by molar-refractivity contribution is 5.97. The molecule has 2 N–H and O–H groups in total. The molecule has 0 radical (unpaired) electrons. The first kappa shape index (κ1) is 17.7. The Bertz CT molecular complexity index is 883. The summed E-state index contributed by atoms with van der Waals surface area (Å²) in [4.78, 5) is 5.08. The van der Waals surface area contributed by atoms with Crippen LogP contribution in [0.2, 0.25) is 0 Å². The Hall–Kier alpha value is -2.75. The lowest BCUT2D eigenvalue weighted by molar-refractivity contribution is 0.331. The third kappa shape index (κ3) is 3.20. The van der Waals surface area contributed by atoms with Gasteiger partial charge in [-0.25, -0.2) is 0 Å². The zero-order chi connectivity index (χ0) is 18.7. The van der Waals surface area contributed by atoms with E-state index in [9.17, 15) is 5.11 Å². The number of hydrogen-bond donors (Lipinski definition) is 2. The summed E-state index contributed by atoms with van der Waals surface area (Å²) >= 11 is 0. The number of hydrogen-bond acceptors (Lipinski definition) is 3. The summed E-state index contributed by atoms with van der Waals surface area (Å²) in [7, 11) is 0. The Kier molecular flexibility index (Phi) is 4.65. The van der Waals surface area contributed by atoms with Crippen molar-refractivity contribution in [2.24, 2.45) is 4.99 Å². The van der Waals surface area contributed by atoms with E-state index in [4.69, 9.17) is 4.99 Å². The lowest BCUT2D eigenvalue weighted by atomic mass is 9.86. The number of benzene rings is 3. The number of rotatable bonds is 5. The minimum atomic E-state index is -0.704. The molecule has 136 valence electrons. The van der Waals surface area contributed by atoms with Gasteiger partial charge < -0.3 is 5.11 Å². The number of aliphatic imine (C=N–C) groups is 1. The van der Waals surface area contributed by atoms with E-state index in [1.54, 1.807) is 0 Å². The Morgan fingerprint density at radius 1 is 0.778 bits per heavy atom. The fourth-order valence-electron chi connectivity index (χ4n) is 3.98. The van der Waals surface area contributed by atoms with Crippen molar-refractivity contribution >= 4 is 5.71 Å². The van der Waals surface area contributed by atoms with E-state index >= 15 is 0 Å². The molecular formula is C24H24N2O. The summed E-state index contributed by atoms with van der Waals surface area (Å²) in [5.74, 6) is 0. The van der Waals surface area contributed by atoms with Crippen LogP contribution in [0.15, 0.2) is 96.0 Å². The fourth-order valence-corrected chi connectivity index (χ4v) is 3.98. The van der Waals surface area contributed by atoms with E-state index < -0.39 is 11.2 Å². The van der Waals surface area contributed by atoms with Crippen molar-refractivity contribution in [1.29, 1.82) is 0 Å². The van der Waals surface area contributed by atoms with Crippen LogP contribution in [0.5, 0.6) is 0 Å². The maximum absolute atomic E-state index is 10.1. The smallest absolute Gasteiger partial charge is 0.163 e. The lowest BCUT2D eigenvalue weighted by Crippen LogP contribution is -2.54. The molecule has 1 aliphatic rings. The van der Waals surface area contributed by atoms with Crippen molar-refractivity contribution in [2.75, 3.05) is 6.61 Å². The van der Waals surface area contributed by atoms with Gasteiger partial charge in [-0.1, -0.05) is 91.0 Å². The average molecular weight is 356 g/mol. The summed E-state index contributed by atoms with van der Waals surface area (Å²) in [6.07, 6.45) is 0.759. The molecule has 1 atom stereocenters. The predicted octanol–water partition coefficient (Wildman–Crippen LogP) is 3.93. The molecule has 0 saturated carbocycles. The monoisotopic (exact) mass is 356 g/mol. The van der Waals surface area contributed by atoms with Gasteiger partial charge in [-0.2, -0.15) is 0 Å². The first-order chi connectivity index (χ1) is 13.2. The van der Waals surface area contributed by atoms with Crippen molar-refractivity contribution < 1.29 is 5.11 Å². The predicted molar refractivity (Wildman–Crippen MR) is 110 cm³/mol. The fraction of sp³-hybridized carbons (Fsp3) is 0.208. The van der Waals surface area contributed by atoms with E-state index in [0.717, 1.165) is 23.3 Å². The Morgan fingerprint density at radius 3 is 1.74 bits per heavy atom. The average Bonchev–Trinajstić information content (AvgIpc) is 3.03. The molecule has 3 heteroatoms. The van der Waals surface area contributed by atoms with E-state index in [-0.39, 0.29) is 6.61 Å². The van der Waals surface area contributed by atoms with Crippen LogP contribution in [0.3, 0.4) is 0 Å². The maximum Gasteiger partial charge on any atom is 0.163 e. The van der Waals surface area contributed by atoms with Gasteiger partial charge in [0.05, 0.1) is 17.9 Å². The van der Waals surface area contributed by atoms with E-state index in [0.29, 0.717) is 0 Å². The lowest BCUT2D eigenvalue weighted by Gasteiger charge is -2.34. The van der Waals surface area contributed by atoms with Gasteiger partial charge in [0, 0.05) is 0 Å². The largest absolute Gasteiger partial charge is 0.390 e. The van der Waals surface area contributed by atoms with Crippen molar-refractivity contribution in [3.8, 4) is 0 Å². The summed E-state index contributed by atoms with van der Waals surface area (Å²) in [5.41, 5.74) is 2.98. The minimum Gasteiger partial charge on any atom is -0.390 e. The molecule has 0 aliphatic carbocycles. The van der Waals surface area contributed by atoms with Gasteiger partial charge in [0.2, 0.25) is 0 Å². The number of nitrogens with one attached hydrogen (secondary N) is 1. The molecule has 1 unspecified atom stereocenters. The molecule has 0 aromatic heterocycles. The second-order valence-electron chi connectivity index (χ2n) is 7.28. The molecule has 3 aromatic carbocycles. The normalized spacial score (nSPS) is 21.0. The minimum absolute atomic E-state index is 0.0717. The van der Waals surface area contributed by atoms with Crippen LogP contribution >= 0.6 is 0 Å². The standard InChI is InChI=1S/C24H24N2O/c1-23(17-19-11-5-2-6-12-19)22(18-27)25-24(26-23,20-13-7-3-8-14-20)21-15-9-4-10-16-21/h2-16,26-27H,17-18H2,1H3. The van der Waals surface area contributed by atoms with Crippen LogP contribution in [0.1, 0.15) is 23.6 Å². The zero-order valence-corrected chi connectivity index (χ0v) is 15.5. The summed E-state index contributed by atoms with van der Waals surface area (Å²) in [5, 5.41) is 13.9. The van der Waals surface area contributed by atoms with Gasteiger partial charge in [0.15, 0.2) is 5.66 Å². The van der Waals surface area contributed by atoms with Gasteiger partial charge in [-0.05, 0) is 30.0 Å². The zero-order valence-electron chi connectivity index (χ0n) is 15.5. The maximum atomic E-state index is 10.1. The molecule has 0 amide bonds. The highest BCUT2D eigenvalue weighted by atomic mass is 16.3. The van der Waals surface area contributed by atoms with Crippen molar-refractivity contribution in [3.63, 3.8) is 0 Å². The number of aliphatic hydroxyl groups excluding tert-OH is 1. The molecule has 1 heterocycles. The highest BCUT2D eigenvalue weighted by Gasteiger charge is 2.48. The van der Waals surface area contributed by atoms with E-state index in [1.165, 1.54) is 5.56 Å². The summed E-state index contributed by atoms with van der Waals surface area (Å²) in [6.45, 7) is 2.06. The summed E-state index contributed by atoms with van der Waals surface area (Å²) < 4.78 is 0. The van der Waals surface area contributed by atoms with Crippen LogP contribution in [0.25, 0.3) is 0 Å². The van der Waals surface area contributed by atoms with Crippen molar-refractivity contribution in [1.82, 2.24) is 5.32 Å². The molecular weight excluding hydrogens is 332 g/mol. The molecule has 0 bridgehead atoms. The SMILES string of the molecule is CC1(Cc2ccccc2)NC(c2ccccc2)(c2ccccc2)N=C1CO. The second kappa shape index (κ2) is 7.10. The topological polar surface area (TPSA) is 44.6 Å². The van der Waals surface area contributed by atoms with Gasteiger partial charge in [0.1, 0.15) is 0 Å². The molecule has 1 aliphatic heterocycles. The van der Waals surface area contributed by atoms with Gasteiger partial charge in [-0.3, -0.25) is 10.3 Å². The Labute approximate surface area is 160 Å². The molecule has 3 aromatic rings. The molecule has 3 nitrogen and oxygen atoms in total. The van der Waals surface area contributed by atoms with Crippen molar-refractivity contribution in [3.05, 3.63) is 108 Å². The van der Waals surface area contributed by atoms with Crippen LogP contribution < -0.4 is 5.32 Å². The van der Waals surface area contributed by atoms with Crippen LogP contribution in [-0.2, 0) is 12.1 Å². The molecule has 0 fully saturated rings. The van der Waals surface area contributed by atoms with Gasteiger partial charge >= 0.3 is 0 Å². The number of aliphatic hydroxyl groups is 1. The van der Waals surface area contributed by atoms with Crippen LogP contribution in [-0.4, -0.2) is 23.0 Å². The molecule has 27 heavy (non-hydrogen) atoms. The second-order valence-corrected chi connectivity index (χ2v) is 7.28. The Morgan fingerprint density at radius 2 is 1.26 bits per heavy atom. The van der Waals surface area contributed by atoms with Crippen molar-refractivity contribution in [2.45, 2.75) is 24.5 Å².